The van der Waals surface area contributed by atoms with Crippen LogP contribution in [0.25, 0.3) is 0 Å². The quantitative estimate of drug-likeness (QED) is 0.915. The first kappa shape index (κ1) is 17.5. The highest BCUT2D eigenvalue weighted by Crippen LogP contribution is 2.22. The molecular formula is C17H29ClN2. The lowest BCUT2D eigenvalue weighted by Gasteiger charge is -2.32. The summed E-state index contributed by atoms with van der Waals surface area (Å²) >= 11 is 0. The van der Waals surface area contributed by atoms with Crippen LogP contribution in [-0.4, -0.2) is 31.6 Å². The third-order valence-electron chi connectivity index (χ3n) is 4.42. The molecule has 0 saturated carbocycles. The van der Waals surface area contributed by atoms with Crippen molar-refractivity contribution in [1.29, 1.82) is 0 Å². The average Bonchev–Trinajstić information content (AvgIpc) is 2.36. The Morgan fingerprint density at radius 2 is 1.65 bits per heavy atom. The van der Waals surface area contributed by atoms with Crippen molar-refractivity contribution in [3.05, 3.63) is 34.4 Å². The Balaban J connectivity index is 0.00000200. The second kappa shape index (κ2) is 8.02. The van der Waals surface area contributed by atoms with Crippen LogP contribution in [0.3, 0.4) is 0 Å². The molecule has 0 atom stereocenters. The van der Waals surface area contributed by atoms with Gasteiger partial charge >= 0.3 is 0 Å². The fourth-order valence-electron chi connectivity index (χ4n) is 3.32. The fraction of sp³-hybridized carbons (Fsp3) is 0.647. The van der Waals surface area contributed by atoms with Gasteiger partial charge in [0.05, 0.1) is 0 Å². The lowest BCUT2D eigenvalue weighted by atomic mass is 9.95. The van der Waals surface area contributed by atoms with Crippen LogP contribution in [0.15, 0.2) is 12.1 Å². The number of likely N-dealkylation sites (tertiary alicyclic amines) is 1. The molecule has 0 spiro atoms. The average molecular weight is 297 g/mol. The molecule has 0 aliphatic carbocycles. The van der Waals surface area contributed by atoms with Gasteiger partial charge < -0.3 is 5.32 Å². The number of piperidine rings is 1. The fourth-order valence-corrected chi connectivity index (χ4v) is 3.32. The summed E-state index contributed by atoms with van der Waals surface area (Å²) < 4.78 is 0. The van der Waals surface area contributed by atoms with Crippen molar-refractivity contribution in [2.75, 3.05) is 26.7 Å². The van der Waals surface area contributed by atoms with E-state index in [1.165, 1.54) is 54.7 Å². The van der Waals surface area contributed by atoms with Crippen molar-refractivity contribution < 1.29 is 0 Å². The first-order chi connectivity index (χ1) is 9.10. The predicted molar refractivity (Wildman–Crippen MR) is 89.8 cm³/mol. The van der Waals surface area contributed by atoms with E-state index in [4.69, 9.17) is 0 Å². The van der Waals surface area contributed by atoms with Crippen LogP contribution < -0.4 is 5.32 Å². The van der Waals surface area contributed by atoms with Crippen molar-refractivity contribution in [2.24, 2.45) is 5.92 Å². The molecule has 1 N–H and O–H groups in total. The van der Waals surface area contributed by atoms with E-state index in [1.54, 1.807) is 0 Å². The van der Waals surface area contributed by atoms with E-state index in [0.717, 1.165) is 12.5 Å². The Bertz CT molecular complexity index is 400. The van der Waals surface area contributed by atoms with Crippen molar-refractivity contribution >= 4 is 12.4 Å². The highest BCUT2D eigenvalue weighted by Gasteiger charge is 2.19. The van der Waals surface area contributed by atoms with E-state index < -0.39 is 0 Å². The van der Waals surface area contributed by atoms with Gasteiger partial charge in [-0.2, -0.15) is 0 Å². The minimum absolute atomic E-state index is 0. The maximum atomic E-state index is 3.31. The number of rotatable bonds is 4. The summed E-state index contributed by atoms with van der Waals surface area (Å²) in [6.07, 6.45) is 2.68. The number of benzene rings is 1. The summed E-state index contributed by atoms with van der Waals surface area (Å²) in [6, 6.07) is 4.63. The molecule has 1 saturated heterocycles. The Hall–Kier alpha value is -0.570. The zero-order valence-electron chi connectivity index (χ0n) is 13.3. The zero-order valence-corrected chi connectivity index (χ0v) is 14.1. The minimum atomic E-state index is 0. The molecule has 1 aromatic carbocycles. The summed E-state index contributed by atoms with van der Waals surface area (Å²) in [6.45, 7) is 11.5. The molecule has 1 heterocycles. The summed E-state index contributed by atoms with van der Waals surface area (Å²) in [5.74, 6) is 0.876. The van der Waals surface area contributed by atoms with Gasteiger partial charge in [-0.1, -0.05) is 17.7 Å². The van der Waals surface area contributed by atoms with Crippen molar-refractivity contribution in [2.45, 2.75) is 40.2 Å². The van der Waals surface area contributed by atoms with Gasteiger partial charge in [0.25, 0.3) is 0 Å². The third-order valence-corrected chi connectivity index (χ3v) is 4.42. The molecule has 1 fully saturated rings. The first-order valence-corrected chi connectivity index (χ1v) is 7.54. The van der Waals surface area contributed by atoms with Gasteiger partial charge in [-0.25, -0.2) is 0 Å². The molecule has 0 aromatic heterocycles. The van der Waals surface area contributed by atoms with E-state index in [2.05, 4.69) is 50.2 Å². The van der Waals surface area contributed by atoms with E-state index >= 15 is 0 Å². The van der Waals surface area contributed by atoms with Crippen LogP contribution in [0.1, 0.15) is 35.1 Å². The van der Waals surface area contributed by atoms with Crippen LogP contribution in [-0.2, 0) is 6.54 Å². The van der Waals surface area contributed by atoms with E-state index in [-0.39, 0.29) is 12.4 Å². The highest BCUT2D eigenvalue weighted by atomic mass is 35.5. The van der Waals surface area contributed by atoms with Crippen LogP contribution in [0.4, 0.5) is 0 Å². The molecule has 1 aliphatic heterocycles. The topological polar surface area (TPSA) is 15.3 Å². The molecule has 1 aliphatic rings. The maximum Gasteiger partial charge on any atom is 0.0238 e. The smallest absolute Gasteiger partial charge is 0.0238 e. The SMILES string of the molecule is CNCC1CCN(Cc2c(C)cc(C)cc2C)CC1.Cl. The summed E-state index contributed by atoms with van der Waals surface area (Å²) in [4.78, 5) is 2.62. The lowest BCUT2D eigenvalue weighted by molar-refractivity contribution is 0.176. The van der Waals surface area contributed by atoms with Crippen molar-refractivity contribution in [3.63, 3.8) is 0 Å². The van der Waals surface area contributed by atoms with E-state index in [1.807, 2.05) is 0 Å². The summed E-state index contributed by atoms with van der Waals surface area (Å²) in [5.41, 5.74) is 5.83. The van der Waals surface area contributed by atoms with Gasteiger partial charge in [-0.15, -0.1) is 12.4 Å². The van der Waals surface area contributed by atoms with E-state index in [0.29, 0.717) is 0 Å². The van der Waals surface area contributed by atoms with Crippen LogP contribution in [0, 0.1) is 26.7 Å². The van der Waals surface area contributed by atoms with Crippen LogP contribution in [0.2, 0.25) is 0 Å². The Morgan fingerprint density at radius 1 is 1.10 bits per heavy atom. The molecule has 20 heavy (non-hydrogen) atoms. The number of nitrogens with zero attached hydrogens (tertiary/aromatic N) is 1. The van der Waals surface area contributed by atoms with Gasteiger partial charge in [-0.05, 0) is 82.9 Å². The normalized spacial score (nSPS) is 17.0. The van der Waals surface area contributed by atoms with Crippen LogP contribution >= 0.6 is 12.4 Å². The number of hydrogen-bond acceptors (Lipinski definition) is 2. The Labute approximate surface area is 130 Å². The molecule has 0 bridgehead atoms. The van der Waals surface area contributed by atoms with Crippen LogP contribution in [0.5, 0.6) is 0 Å². The minimum Gasteiger partial charge on any atom is -0.319 e. The largest absolute Gasteiger partial charge is 0.319 e. The molecular weight excluding hydrogens is 268 g/mol. The summed E-state index contributed by atoms with van der Waals surface area (Å²) in [5, 5.41) is 3.31. The van der Waals surface area contributed by atoms with Gasteiger partial charge in [0.15, 0.2) is 0 Å². The highest BCUT2D eigenvalue weighted by molar-refractivity contribution is 5.85. The molecule has 3 heteroatoms. The third kappa shape index (κ3) is 4.47. The predicted octanol–water partition coefficient (Wildman–Crippen LogP) is 3.47. The zero-order chi connectivity index (χ0) is 13.8. The monoisotopic (exact) mass is 296 g/mol. The number of nitrogens with one attached hydrogen (secondary N) is 1. The van der Waals surface area contributed by atoms with Crippen molar-refractivity contribution in [3.8, 4) is 0 Å². The number of aryl methyl sites for hydroxylation is 3. The molecule has 0 amide bonds. The molecule has 0 radical (unpaired) electrons. The maximum absolute atomic E-state index is 3.31. The van der Waals surface area contributed by atoms with E-state index in [9.17, 15) is 0 Å². The second-order valence-electron chi connectivity index (χ2n) is 6.15. The first-order valence-electron chi connectivity index (χ1n) is 7.54. The van der Waals surface area contributed by atoms with Gasteiger partial charge in [0, 0.05) is 6.54 Å². The van der Waals surface area contributed by atoms with Crippen molar-refractivity contribution in [1.82, 2.24) is 10.2 Å². The number of hydrogen-bond donors (Lipinski definition) is 1. The molecule has 1 aromatic rings. The van der Waals surface area contributed by atoms with Gasteiger partial charge in [0.2, 0.25) is 0 Å². The van der Waals surface area contributed by atoms with Gasteiger partial charge in [0.1, 0.15) is 0 Å². The lowest BCUT2D eigenvalue weighted by Crippen LogP contribution is -2.36. The van der Waals surface area contributed by atoms with Gasteiger partial charge in [-0.3, -0.25) is 4.90 Å². The standard InChI is InChI=1S/C17H28N2.ClH/c1-13-9-14(2)17(15(3)10-13)12-19-7-5-16(6-8-19)11-18-4;/h9-10,16,18H,5-8,11-12H2,1-4H3;1H. The summed E-state index contributed by atoms with van der Waals surface area (Å²) in [7, 11) is 2.06. The Morgan fingerprint density at radius 3 is 2.15 bits per heavy atom. The Kier molecular flexibility index (Phi) is 7.01. The second-order valence-corrected chi connectivity index (χ2v) is 6.15. The molecule has 2 nitrogen and oxygen atoms in total. The number of halogens is 1. The molecule has 0 unspecified atom stereocenters. The molecule has 2 rings (SSSR count). The molecule has 114 valence electrons.